The summed E-state index contributed by atoms with van der Waals surface area (Å²) in [6.07, 6.45) is 1.77. The predicted octanol–water partition coefficient (Wildman–Crippen LogP) is -2.53. The molecule has 1 aromatic carbocycles. The molecule has 0 saturated heterocycles. The standard InChI is InChI=1S/C10H12OSi.K/c1-12(2,9-8-11)10-6-4-3-5-7-10;/h3-7,11H,1-2H3;/q;+1/p-1. The van der Waals surface area contributed by atoms with E-state index in [0.29, 0.717) is 0 Å². The maximum atomic E-state index is 10.2. The van der Waals surface area contributed by atoms with E-state index in [0.717, 1.165) is 0 Å². The second-order valence-corrected chi connectivity index (χ2v) is 7.30. The molecule has 0 atom stereocenters. The smallest absolute Gasteiger partial charge is 0.833 e. The van der Waals surface area contributed by atoms with E-state index in [2.05, 4.69) is 18.6 Å². The third-order valence-corrected chi connectivity index (χ3v) is 4.36. The Kier molecular flexibility index (Phi) is 6.22. The molecule has 62 valence electrons. The molecule has 0 radical (unpaired) electrons. The van der Waals surface area contributed by atoms with Crippen molar-refractivity contribution in [2.75, 3.05) is 0 Å². The molecule has 0 unspecified atom stereocenters. The molecule has 0 bridgehead atoms. The Labute approximate surface area is 123 Å². The molecule has 1 aromatic rings. The molecule has 0 spiro atoms. The van der Waals surface area contributed by atoms with Gasteiger partial charge in [-0.05, 0) is 5.19 Å². The second-order valence-electron chi connectivity index (χ2n) is 3.22. The fraction of sp³-hybridized carbons (Fsp3) is 0.200. The summed E-state index contributed by atoms with van der Waals surface area (Å²) in [6.45, 7) is 4.15. The van der Waals surface area contributed by atoms with E-state index in [9.17, 15) is 5.11 Å². The van der Waals surface area contributed by atoms with Crippen LogP contribution in [0, 0.1) is 11.7 Å². The summed E-state index contributed by atoms with van der Waals surface area (Å²) in [5.74, 6) is 0. The van der Waals surface area contributed by atoms with E-state index >= 15 is 0 Å². The van der Waals surface area contributed by atoms with Crippen LogP contribution in [0.1, 0.15) is 0 Å². The van der Waals surface area contributed by atoms with E-state index in [4.69, 9.17) is 0 Å². The van der Waals surface area contributed by atoms with Gasteiger partial charge in [-0.1, -0.05) is 43.4 Å². The molecule has 13 heavy (non-hydrogen) atoms. The van der Waals surface area contributed by atoms with Crippen LogP contribution in [0.4, 0.5) is 0 Å². The summed E-state index contributed by atoms with van der Waals surface area (Å²) in [7, 11) is -1.75. The van der Waals surface area contributed by atoms with Crippen LogP contribution in [0.5, 0.6) is 0 Å². The number of hydrogen-bond acceptors (Lipinski definition) is 1. The van der Waals surface area contributed by atoms with Gasteiger partial charge in [0.05, 0.1) is 0 Å². The van der Waals surface area contributed by atoms with Crippen LogP contribution in [0.25, 0.3) is 0 Å². The van der Waals surface area contributed by atoms with Crippen LogP contribution >= 0.6 is 0 Å². The Hall–Kier alpha value is 0.433. The fourth-order valence-electron chi connectivity index (χ4n) is 1.05. The largest absolute Gasteiger partial charge is 1.00 e. The van der Waals surface area contributed by atoms with E-state index < -0.39 is 8.07 Å². The van der Waals surface area contributed by atoms with E-state index in [1.165, 1.54) is 5.19 Å². The van der Waals surface area contributed by atoms with Gasteiger partial charge in [-0.15, -0.1) is 5.54 Å². The van der Waals surface area contributed by atoms with Gasteiger partial charge in [0.2, 0.25) is 0 Å². The topological polar surface area (TPSA) is 23.1 Å². The maximum Gasteiger partial charge on any atom is 1.00 e. The van der Waals surface area contributed by atoms with Crippen LogP contribution in [-0.4, -0.2) is 8.07 Å². The number of rotatable bonds is 1. The monoisotopic (exact) mass is 214 g/mol. The Morgan fingerprint density at radius 1 is 1.15 bits per heavy atom. The van der Waals surface area contributed by atoms with Gasteiger partial charge in [0.25, 0.3) is 0 Å². The van der Waals surface area contributed by atoms with Gasteiger partial charge in [-0.2, -0.15) is 6.11 Å². The van der Waals surface area contributed by atoms with E-state index in [1.807, 2.05) is 30.3 Å². The molecule has 1 rings (SSSR count). The molecule has 0 aromatic heterocycles. The molecule has 0 fully saturated rings. The van der Waals surface area contributed by atoms with Crippen LogP contribution in [0.3, 0.4) is 0 Å². The van der Waals surface area contributed by atoms with Crippen molar-refractivity contribution in [1.82, 2.24) is 0 Å². The van der Waals surface area contributed by atoms with Crippen molar-refractivity contribution in [1.29, 1.82) is 0 Å². The van der Waals surface area contributed by atoms with Gasteiger partial charge < -0.3 is 5.11 Å². The van der Waals surface area contributed by atoms with Crippen molar-refractivity contribution in [2.45, 2.75) is 13.1 Å². The fourth-order valence-corrected chi connectivity index (χ4v) is 2.48. The zero-order chi connectivity index (χ0) is 9.03. The summed E-state index contributed by atoms with van der Waals surface area (Å²) in [4.78, 5) is 0. The first kappa shape index (κ1) is 13.4. The van der Waals surface area contributed by atoms with Crippen molar-refractivity contribution < 1.29 is 56.5 Å². The second kappa shape index (κ2) is 6.02. The molecule has 0 N–H and O–H groups in total. The Bertz CT molecular complexity index is 311. The zero-order valence-electron chi connectivity index (χ0n) is 8.29. The minimum absolute atomic E-state index is 0. The van der Waals surface area contributed by atoms with Gasteiger partial charge in [0, 0.05) is 0 Å². The minimum atomic E-state index is -1.75. The molecule has 3 heteroatoms. The Balaban J connectivity index is 0.00000144. The van der Waals surface area contributed by atoms with E-state index in [-0.39, 0.29) is 51.4 Å². The van der Waals surface area contributed by atoms with Crippen molar-refractivity contribution in [3.63, 3.8) is 0 Å². The molecule has 0 amide bonds. The van der Waals surface area contributed by atoms with Gasteiger partial charge in [-0.3, -0.25) is 0 Å². The maximum absolute atomic E-state index is 10.2. The first-order chi connectivity index (χ1) is 5.67. The SMILES string of the molecule is C[Si](C)(C#C[O-])c1ccccc1.[K+]. The Morgan fingerprint density at radius 3 is 2.15 bits per heavy atom. The van der Waals surface area contributed by atoms with Crippen LogP contribution in [0.2, 0.25) is 13.1 Å². The third-order valence-electron chi connectivity index (χ3n) is 1.86. The Morgan fingerprint density at radius 2 is 1.69 bits per heavy atom. The van der Waals surface area contributed by atoms with Gasteiger partial charge in [-0.25, -0.2) is 0 Å². The molecular weight excluding hydrogens is 203 g/mol. The molecule has 0 saturated carbocycles. The summed E-state index contributed by atoms with van der Waals surface area (Å²) >= 11 is 0. The molecule has 0 aliphatic rings. The molecular formula is C10H11KOSi. The summed E-state index contributed by atoms with van der Waals surface area (Å²) in [5.41, 5.74) is 2.77. The van der Waals surface area contributed by atoms with E-state index in [1.54, 1.807) is 6.11 Å². The molecule has 0 heterocycles. The minimum Gasteiger partial charge on any atom is -0.833 e. The normalized spacial score (nSPS) is 9.38. The summed E-state index contributed by atoms with van der Waals surface area (Å²) < 4.78 is 0. The summed E-state index contributed by atoms with van der Waals surface area (Å²) in [6, 6.07) is 10.0. The zero-order valence-corrected chi connectivity index (χ0v) is 12.4. The van der Waals surface area contributed by atoms with Crippen molar-refractivity contribution in [3.05, 3.63) is 30.3 Å². The van der Waals surface area contributed by atoms with Gasteiger partial charge in [0.15, 0.2) is 8.07 Å². The average Bonchev–Trinajstić information content (AvgIpc) is 2.06. The summed E-state index contributed by atoms with van der Waals surface area (Å²) in [5, 5.41) is 11.4. The van der Waals surface area contributed by atoms with Crippen LogP contribution in [0.15, 0.2) is 30.3 Å². The molecule has 1 nitrogen and oxygen atoms in total. The van der Waals surface area contributed by atoms with Crippen LogP contribution in [-0.2, 0) is 0 Å². The van der Waals surface area contributed by atoms with Gasteiger partial charge in [0.1, 0.15) is 0 Å². The van der Waals surface area contributed by atoms with Gasteiger partial charge >= 0.3 is 51.4 Å². The number of benzene rings is 1. The van der Waals surface area contributed by atoms with Crippen molar-refractivity contribution in [2.24, 2.45) is 0 Å². The third kappa shape index (κ3) is 3.98. The molecule has 0 aliphatic heterocycles. The number of hydrogen-bond donors (Lipinski definition) is 0. The first-order valence-electron chi connectivity index (χ1n) is 3.86. The average molecular weight is 214 g/mol. The predicted molar refractivity (Wildman–Crippen MR) is 51.3 cm³/mol. The van der Waals surface area contributed by atoms with Crippen molar-refractivity contribution in [3.8, 4) is 11.7 Å². The van der Waals surface area contributed by atoms with Crippen molar-refractivity contribution >= 4 is 13.3 Å². The molecule has 0 aliphatic carbocycles. The quantitative estimate of drug-likeness (QED) is 0.373. The van der Waals surface area contributed by atoms with Crippen LogP contribution < -0.4 is 61.7 Å². The first-order valence-corrected chi connectivity index (χ1v) is 6.86.